The number of carbonyl (C=O) groups is 1. The van der Waals surface area contributed by atoms with E-state index in [-0.39, 0.29) is 12.0 Å². The van der Waals surface area contributed by atoms with Gasteiger partial charge in [0.05, 0.1) is 26.2 Å². The van der Waals surface area contributed by atoms with Crippen molar-refractivity contribution in [2.24, 2.45) is 0 Å². The summed E-state index contributed by atoms with van der Waals surface area (Å²) in [7, 11) is 5.18. The summed E-state index contributed by atoms with van der Waals surface area (Å²) in [5.74, 6) is 1.62. The molecule has 4 heterocycles. The molecule has 0 unspecified atom stereocenters. The van der Waals surface area contributed by atoms with E-state index in [1.54, 1.807) is 32.3 Å². The van der Waals surface area contributed by atoms with Crippen molar-refractivity contribution in [2.45, 2.75) is 31.0 Å². The molecule has 8 nitrogen and oxygen atoms in total. The largest absolute Gasteiger partial charge is 0.481 e. The fourth-order valence-corrected chi connectivity index (χ4v) is 4.08. The Hall–Kier alpha value is -2.45. The van der Waals surface area contributed by atoms with Crippen LogP contribution in [0.2, 0.25) is 0 Å². The molecular formula is C20H27N5O3. The van der Waals surface area contributed by atoms with Crippen LogP contribution in [-0.2, 0) is 9.53 Å². The Morgan fingerprint density at radius 2 is 2.14 bits per heavy atom. The minimum atomic E-state index is -0.0297. The number of morpholine rings is 1. The van der Waals surface area contributed by atoms with Crippen molar-refractivity contribution in [3.63, 3.8) is 0 Å². The molecule has 3 atom stereocenters. The highest BCUT2D eigenvalue weighted by Gasteiger charge is 2.39. The molecular weight excluding hydrogens is 358 g/mol. The van der Waals surface area contributed by atoms with Gasteiger partial charge in [0.2, 0.25) is 11.8 Å². The van der Waals surface area contributed by atoms with Gasteiger partial charge in [-0.25, -0.2) is 9.97 Å². The van der Waals surface area contributed by atoms with Crippen LogP contribution in [0, 0.1) is 0 Å². The Labute approximate surface area is 165 Å². The van der Waals surface area contributed by atoms with Gasteiger partial charge >= 0.3 is 0 Å². The lowest BCUT2D eigenvalue weighted by atomic mass is 10.1. The van der Waals surface area contributed by atoms with Crippen molar-refractivity contribution >= 4 is 5.91 Å². The summed E-state index contributed by atoms with van der Waals surface area (Å²) in [5, 5.41) is 0. The van der Waals surface area contributed by atoms with Crippen molar-refractivity contribution in [1.82, 2.24) is 24.3 Å². The third-order valence-electron chi connectivity index (χ3n) is 5.64. The molecule has 2 aliphatic heterocycles. The minimum absolute atomic E-state index is 0.0297. The van der Waals surface area contributed by atoms with E-state index in [2.05, 4.69) is 19.4 Å². The molecule has 8 heteroatoms. The Morgan fingerprint density at radius 1 is 1.29 bits per heavy atom. The zero-order valence-corrected chi connectivity index (χ0v) is 16.6. The average Bonchev–Trinajstić information content (AvgIpc) is 3.34. The van der Waals surface area contributed by atoms with E-state index in [1.807, 2.05) is 24.5 Å². The molecule has 2 saturated heterocycles. The van der Waals surface area contributed by atoms with Gasteiger partial charge in [-0.05, 0) is 12.5 Å². The molecule has 150 valence electrons. The van der Waals surface area contributed by atoms with Gasteiger partial charge in [-0.15, -0.1) is 0 Å². The second-order valence-corrected chi connectivity index (χ2v) is 7.69. The molecule has 2 aromatic rings. The number of imidazole rings is 1. The third kappa shape index (κ3) is 3.74. The lowest BCUT2D eigenvalue weighted by molar-refractivity contribution is -0.134. The van der Waals surface area contributed by atoms with E-state index in [1.165, 1.54) is 0 Å². The topological polar surface area (TPSA) is 72.7 Å². The maximum Gasteiger partial charge on any atom is 0.224 e. The summed E-state index contributed by atoms with van der Waals surface area (Å²) in [6, 6.07) is 4.56. The summed E-state index contributed by atoms with van der Waals surface area (Å²) >= 11 is 0. The molecule has 2 fully saturated rings. The van der Waals surface area contributed by atoms with Crippen LogP contribution in [0.15, 0.2) is 30.7 Å². The molecule has 0 aromatic carbocycles. The monoisotopic (exact) mass is 385 g/mol. The molecule has 0 radical (unpaired) electrons. The lowest BCUT2D eigenvalue weighted by Gasteiger charge is -2.35. The molecule has 0 spiro atoms. The molecule has 1 amide bonds. The molecule has 0 N–H and O–H groups in total. The van der Waals surface area contributed by atoms with E-state index >= 15 is 0 Å². The number of methoxy groups -OCH3 is 1. The normalized spacial score (nSPS) is 24.8. The number of ether oxygens (including phenoxy) is 2. The second-order valence-electron chi connectivity index (χ2n) is 7.69. The number of rotatable bonds is 5. The number of fused-ring (bicyclic) bond motifs is 1. The van der Waals surface area contributed by atoms with Crippen molar-refractivity contribution in [3.8, 4) is 17.3 Å². The molecule has 2 aliphatic rings. The first-order valence-corrected chi connectivity index (χ1v) is 9.64. The van der Waals surface area contributed by atoms with Gasteiger partial charge in [-0.2, -0.15) is 0 Å². The van der Waals surface area contributed by atoms with Gasteiger partial charge in [-0.3, -0.25) is 9.69 Å². The predicted octanol–water partition coefficient (Wildman–Crippen LogP) is 1.45. The van der Waals surface area contributed by atoms with Crippen molar-refractivity contribution in [1.29, 1.82) is 0 Å². The van der Waals surface area contributed by atoms with E-state index in [4.69, 9.17) is 9.47 Å². The summed E-state index contributed by atoms with van der Waals surface area (Å²) in [4.78, 5) is 24.9. The molecule has 28 heavy (non-hydrogen) atoms. The first-order chi connectivity index (χ1) is 13.5. The number of amides is 1. The van der Waals surface area contributed by atoms with E-state index in [0.717, 1.165) is 30.9 Å². The SMILES string of the molecule is COc1ccc(-c2nccn2[C@@H]2C[C@H]3CO[C@@H](CC(=O)N(C)C)CN3C2)cn1. The van der Waals surface area contributed by atoms with Gasteiger partial charge in [0.15, 0.2) is 0 Å². The fourth-order valence-electron chi connectivity index (χ4n) is 4.08. The highest BCUT2D eigenvalue weighted by atomic mass is 16.5. The minimum Gasteiger partial charge on any atom is -0.481 e. The molecule has 0 saturated carbocycles. The van der Waals surface area contributed by atoms with Crippen molar-refractivity contribution in [2.75, 3.05) is 40.9 Å². The Bertz CT molecular complexity index is 820. The highest BCUT2D eigenvalue weighted by Crippen LogP contribution is 2.33. The van der Waals surface area contributed by atoms with Crippen LogP contribution in [0.25, 0.3) is 11.4 Å². The molecule has 0 bridgehead atoms. The predicted molar refractivity (Wildman–Crippen MR) is 104 cm³/mol. The zero-order chi connectivity index (χ0) is 19.7. The summed E-state index contributed by atoms with van der Waals surface area (Å²) < 4.78 is 13.4. The maximum atomic E-state index is 12.0. The highest BCUT2D eigenvalue weighted by molar-refractivity contribution is 5.76. The average molecular weight is 385 g/mol. The summed E-state index contributed by atoms with van der Waals surface area (Å²) in [6.45, 7) is 2.42. The van der Waals surface area contributed by atoms with Crippen LogP contribution >= 0.6 is 0 Å². The smallest absolute Gasteiger partial charge is 0.224 e. The number of pyridine rings is 1. The number of hydrogen-bond acceptors (Lipinski definition) is 6. The summed E-state index contributed by atoms with van der Waals surface area (Å²) in [5.41, 5.74) is 0.973. The first-order valence-electron chi connectivity index (χ1n) is 9.64. The number of aromatic nitrogens is 3. The van der Waals surface area contributed by atoms with Gasteiger partial charge in [-0.1, -0.05) is 0 Å². The van der Waals surface area contributed by atoms with Crippen LogP contribution in [0.5, 0.6) is 5.88 Å². The van der Waals surface area contributed by atoms with Crippen LogP contribution in [-0.4, -0.2) is 83.3 Å². The second kappa shape index (κ2) is 7.89. The number of nitrogens with zero attached hydrogens (tertiary/aromatic N) is 5. The maximum absolute atomic E-state index is 12.0. The van der Waals surface area contributed by atoms with E-state index in [0.29, 0.717) is 31.0 Å². The fraction of sp³-hybridized carbons (Fsp3) is 0.550. The van der Waals surface area contributed by atoms with Crippen LogP contribution in [0.3, 0.4) is 0 Å². The Morgan fingerprint density at radius 3 is 2.86 bits per heavy atom. The van der Waals surface area contributed by atoms with Crippen LogP contribution in [0.4, 0.5) is 0 Å². The molecule has 0 aliphatic carbocycles. The van der Waals surface area contributed by atoms with Crippen molar-refractivity contribution < 1.29 is 14.3 Å². The third-order valence-corrected chi connectivity index (χ3v) is 5.64. The number of hydrogen-bond donors (Lipinski definition) is 0. The van der Waals surface area contributed by atoms with Crippen molar-refractivity contribution in [3.05, 3.63) is 30.7 Å². The standard InChI is InChI=1S/C20H27N5O3/c1-23(2)19(26)9-17-12-24-11-15(8-16(24)13-28-17)25-7-6-21-20(25)14-4-5-18(27-3)22-10-14/h4-7,10,15-17H,8-9,11-13H2,1-3H3/t15-,16+,17+/m1/s1. The summed E-state index contributed by atoms with van der Waals surface area (Å²) in [6.07, 6.45) is 7.10. The molecule has 2 aromatic heterocycles. The van der Waals surface area contributed by atoms with Gasteiger partial charge < -0.3 is 18.9 Å². The Kier molecular flexibility index (Phi) is 5.32. The zero-order valence-electron chi connectivity index (χ0n) is 16.6. The molecule has 4 rings (SSSR count). The van der Waals surface area contributed by atoms with E-state index in [9.17, 15) is 4.79 Å². The van der Waals surface area contributed by atoms with Gasteiger partial charge in [0, 0.05) is 69.5 Å². The number of carbonyl (C=O) groups excluding carboxylic acids is 1. The lowest BCUT2D eigenvalue weighted by Crippen LogP contribution is -2.47. The quantitative estimate of drug-likeness (QED) is 0.776. The van der Waals surface area contributed by atoms with Gasteiger partial charge in [0.1, 0.15) is 5.82 Å². The van der Waals surface area contributed by atoms with Gasteiger partial charge in [0.25, 0.3) is 0 Å². The Balaban J connectivity index is 1.45. The first kappa shape index (κ1) is 18.9. The van der Waals surface area contributed by atoms with Crippen LogP contribution in [0.1, 0.15) is 18.9 Å². The van der Waals surface area contributed by atoms with Crippen LogP contribution < -0.4 is 4.74 Å². The van der Waals surface area contributed by atoms with E-state index < -0.39 is 0 Å².